The Hall–Kier alpha value is -3.80. The molecule has 0 aliphatic rings. The number of benzene rings is 3. The number of nitrogens with zero attached hydrogens (tertiary/aromatic N) is 1. The summed E-state index contributed by atoms with van der Waals surface area (Å²) in [5, 5.41) is 16.0. The standard InChI is InChI=1S/C29H34FN3O6S/c1-20(22-10-12-25(30)13-11-22)32-27(35)23-14-24(16-26(15-23)33(3)40(4,37)38)28(36)39-19-29(18-34,31-2)17-21-8-6-5-7-9-21/h5-16,20,31,34H,17-19H2,1-4H3,(H,32,35)/t20-,29?/m1/s1. The number of hydrogen-bond donors (Lipinski definition) is 3. The molecule has 3 aromatic carbocycles. The van der Waals surface area contributed by atoms with Gasteiger partial charge in [0, 0.05) is 12.6 Å². The lowest BCUT2D eigenvalue weighted by molar-refractivity contribution is 0.0271. The zero-order valence-corrected chi connectivity index (χ0v) is 23.7. The van der Waals surface area contributed by atoms with E-state index in [-0.39, 0.29) is 30.0 Å². The topological polar surface area (TPSA) is 125 Å². The van der Waals surface area contributed by atoms with Gasteiger partial charge in [-0.05, 0) is 61.9 Å². The fourth-order valence-corrected chi connectivity index (χ4v) is 4.50. The van der Waals surface area contributed by atoms with E-state index in [1.807, 2.05) is 30.3 Å². The molecule has 1 unspecified atom stereocenters. The minimum atomic E-state index is -3.72. The number of aliphatic hydroxyl groups is 1. The van der Waals surface area contributed by atoms with Gasteiger partial charge in [0.05, 0.1) is 35.7 Å². The molecule has 0 heterocycles. The highest BCUT2D eigenvalue weighted by atomic mass is 32.2. The van der Waals surface area contributed by atoms with Crippen molar-refractivity contribution < 1.29 is 32.2 Å². The van der Waals surface area contributed by atoms with E-state index < -0.39 is 39.3 Å². The number of hydrogen-bond acceptors (Lipinski definition) is 7. The zero-order chi connectivity index (χ0) is 29.5. The summed E-state index contributed by atoms with van der Waals surface area (Å²) in [6.45, 7) is 1.20. The predicted molar refractivity (Wildman–Crippen MR) is 151 cm³/mol. The summed E-state index contributed by atoms with van der Waals surface area (Å²) in [5.74, 6) is -1.78. The van der Waals surface area contributed by atoms with Crippen LogP contribution in [0.3, 0.4) is 0 Å². The highest BCUT2D eigenvalue weighted by Crippen LogP contribution is 2.23. The zero-order valence-electron chi connectivity index (χ0n) is 22.8. The highest BCUT2D eigenvalue weighted by molar-refractivity contribution is 7.92. The lowest BCUT2D eigenvalue weighted by atomic mass is 9.92. The van der Waals surface area contributed by atoms with Gasteiger partial charge in [-0.15, -0.1) is 0 Å². The maximum absolute atomic E-state index is 13.3. The van der Waals surface area contributed by atoms with E-state index in [0.29, 0.717) is 12.0 Å². The predicted octanol–water partition coefficient (Wildman–Crippen LogP) is 3.06. The van der Waals surface area contributed by atoms with Crippen LogP contribution in [0, 0.1) is 5.82 Å². The van der Waals surface area contributed by atoms with Crippen LogP contribution in [0.1, 0.15) is 44.8 Å². The molecule has 3 rings (SSSR count). The summed E-state index contributed by atoms with van der Waals surface area (Å²) in [4.78, 5) is 26.3. The first-order valence-corrected chi connectivity index (χ1v) is 14.4. The maximum Gasteiger partial charge on any atom is 0.338 e. The lowest BCUT2D eigenvalue weighted by Gasteiger charge is -2.31. The van der Waals surface area contributed by atoms with Crippen molar-refractivity contribution in [1.82, 2.24) is 10.6 Å². The van der Waals surface area contributed by atoms with Gasteiger partial charge in [0.1, 0.15) is 12.4 Å². The second kappa shape index (κ2) is 13.0. The van der Waals surface area contributed by atoms with Crippen LogP contribution >= 0.6 is 0 Å². The van der Waals surface area contributed by atoms with Gasteiger partial charge in [-0.1, -0.05) is 42.5 Å². The summed E-state index contributed by atoms with van der Waals surface area (Å²) >= 11 is 0. The number of rotatable bonds is 12. The molecule has 0 radical (unpaired) electrons. The number of likely N-dealkylation sites (N-methyl/N-ethyl adjacent to an activating group) is 1. The van der Waals surface area contributed by atoms with E-state index in [9.17, 15) is 27.5 Å². The summed E-state index contributed by atoms with van der Waals surface area (Å²) in [5.41, 5.74) is 0.680. The first-order chi connectivity index (χ1) is 18.9. The van der Waals surface area contributed by atoms with Crippen molar-refractivity contribution in [3.05, 3.63) is 101 Å². The number of anilines is 1. The van der Waals surface area contributed by atoms with E-state index in [4.69, 9.17) is 4.74 Å². The molecular weight excluding hydrogens is 537 g/mol. The van der Waals surface area contributed by atoms with Gasteiger partial charge in [0.15, 0.2) is 0 Å². The lowest BCUT2D eigenvalue weighted by Crippen LogP contribution is -2.52. The van der Waals surface area contributed by atoms with Crippen LogP contribution in [-0.4, -0.2) is 64.5 Å². The molecule has 3 N–H and O–H groups in total. The molecule has 0 aliphatic heterocycles. The molecule has 11 heteroatoms. The van der Waals surface area contributed by atoms with Crippen LogP contribution in [0.2, 0.25) is 0 Å². The Balaban J connectivity index is 1.88. The minimum Gasteiger partial charge on any atom is -0.460 e. The van der Waals surface area contributed by atoms with Crippen molar-refractivity contribution in [2.45, 2.75) is 24.9 Å². The number of sulfonamides is 1. The largest absolute Gasteiger partial charge is 0.460 e. The van der Waals surface area contributed by atoms with Crippen LogP contribution < -0.4 is 14.9 Å². The van der Waals surface area contributed by atoms with Crippen molar-refractivity contribution in [1.29, 1.82) is 0 Å². The third kappa shape index (κ3) is 7.87. The third-order valence-electron chi connectivity index (χ3n) is 6.69. The number of carbonyl (C=O) groups is 2. The number of aliphatic hydroxyl groups excluding tert-OH is 1. The van der Waals surface area contributed by atoms with Crippen LogP contribution in [0.25, 0.3) is 0 Å². The number of esters is 1. The molecule has 0 spiro atoms. The Morgan fingerprint density at radius 3 is 2.25 bits per heavy atom. The number of nitrogens with one attached hydrogen (secondary N) is 2. The fourth-order valence-electron chi connectivity index (χ4n) is 4.01. The molecule has 0 fully saturated rings. The van der Waals surface area contributed by atoms with Crippen molar-refractivity contribution in [3.63, 3.8) is 0 Å². The Labute approximate surface area is 234 Å². The SMILES string of the molecule is CNC(CO)(COC(=O)c1cc(C(=O)N[C@H](C)c2ccc(F)cc2)cc(N(C)S(C)(=O)=O)c1)Cc1ccccc1. The minimum absolute atomic E-state index is 0.0280. The monoisotopic (exact) mass is 571 g/mol. The molecule has 0 aliphatic carbocycles. The first-order valence-electron chi connectivity index (χ1n) is 12.5. The van der Waals surface area contributed by atoms with Crippen LogP contribution in [0.5, 0.6) is 0 Å². The number of carbonyl (C=O) groups excluding carboxylic acids is 2. The van der Waals surface area contributed by atoms with Gasteiger partial charge in [0.2, 0.25) is 10.0 Å². The van der Waals surface area contributed by atoms with Gasteiger partial charge in [-0.25, -0.2) is 17.6 Å². The molecule has 1 amide bonds. The van der Waals surface area contributed by atoms with E-state index in [0.717, 1.165) is 16.1 Å². The Morgan fingerprint density at radius 2 is 1.68 bits per heavy atom. The molecule has 0 bridgehead atoms. The first kappa shape index (κ1) is 30.7. The van der Waals surface area contributed by atoms with Crippen molar-refractivity contribution in [2.75, 3.05) is 37.9 Å². The summed E-state index contributed by atoms with van der Waals surface area (Å²) in [6, 6.07) is 18.5. The average Bonchev–Trinajstić information content (AvgIpc) is 2.94. The molecule has 0 aromatic heterocycles. The van der Waals surface area contributed by atoms with Crippen molar-refractivity contribution in [2.24, 2.45) is 0 Å². The molecule has 214 valence electrons. The average molecular weight is 572 g/mol. The fraction of sp³-hybridized carbons (Fsp3) is 0.310. The van der Waals surface area contributed by atoms with Gasteiger partial charge >= 0.3 is 5.97 Å². The van der Waals surface area contributed by atoms with E-state index in [2.05, 4.69) is 10.6 Å². The maximum atomic E-state index is 13.3. The molecule has 9 nitrogen and oxygen atoms in total. The second-order valence-corrected chi connectivity index (χ2v) is 11.7. The van der Waals surface area contributed by atoms with Crippen molar-refractivity contribution in [3.8, 4) is 0 Å². The Kier molecular flexibility index (Phi) is 10.0. The smallest absolute Gasteiger partial charge is 0.338 e. The summed E-state index contributed by atoms with van der Waals surface area (Å²) in [7, 11) is -0.760. The van der Waals surface area contributed by atoms with Gasteiger partial charge < -0.3 is 20.5 Å². The number of ether oxygens (including phenoxy) is 1. The molecule has 0 saturated carbocycles. The quantitative estimate of drug-likeness (QED) is 0.286. The molecule has 0 saturated heterocycles. The molecule has 3 aromatic rings. The summed E-state index contributed by atoms with van der Waals surface area (Å²) in [6.07, 6.45) is 1.38. The second-order valence-electron chi connectivity index (χ2n) is 9.67. The van der Waals surface area contributed by atoms with Crippen molar-refractivity contribution >= 4 is 27.6 Å². The summed E-state index contributed by atoms with van der Waals surface area (Å²) < 4.78 is 44.3. The van der Waals surface area contributed by atoms with Crippen LogP contribution in [0.4, 0.5) is 10.1 Å². The van der Waals surface area contributed by atoms with Crippen LogP contribution in [-0.2, 0) is 21.2 Å². The Morgan fingerprint density at radius 1 is 1.05 bits per heavy atom. The third-order valence-corrected chi connectivity index (χ3v) is 7.90. The Bertz CT molecular complexity index is 1430. The highest BCUT2D eigenvalue weighted by Gasteiger charge is 2.30. The van der Waals surface area contributed by atoms with E-state index >= 15 is 0 Å². The molecular formula is C29H34FN3O6S. The normalized spacial score (nSPS) is 13.7. The molecule has 2 atom stereocenters. The van der Waals surface area contributed by atoms with E-state index in [1.54, 1.807) is 26.1 Å². The van der Waals surface area contributed by atoms with Gasteiger partial charge in [0.25, 0.3) is 5.91 Å². The van der Waals surface area contributed by atoms with E-state index in [1.165, 1.54) is 37.4 Å². The number of halogens is 1. The number of amides is 1. The van der Waals surface area contributed by atoms with Gasteiger partial charge in [-0.2, -0.15) is 0 Å². The molecule has 40 heavy (non-hydrogen) atoms. The van der Waals surface area contributed by atoms with Crippen LogP contribution in [0.15, 0.2) is 72.8 Å². The van der Waals surface area contributed by atoms with Gasteiger partial charge in [-0.3, -0.25) is 9.10 Å².